The number of aryl methyl sites for hydroxylation is 2. The van der Waals surface area contributed by atoms with Crippen molar-refractivity contribution in [3.63, 3.8) is 0 Å². The maximum atomic E-state index is 4.43. The Morgan fingerprint density at radius 1 is 1.35 bits per heavy atom. The molecule has 94 valence electrons. The molecule has 0 aromatic carbocycles. The van der Waals surface area contributed by atoms with Crippen LogP contribution in [0.1, 0.15) is 43.1 Å². The molecule has 17 heavy (non-hydrogen) atoms. The Balaban J connectivity index is 2.09. The second-order valence-electron chi connectivity index (χ2n) is 5.17. The molecule has 1 aliphatic heterocycles. The molecule has 1 saturated heterocycles. The van der Waals surface area contributed by atoms with Gasteiger partial charge >= 0.3 is 0 Å². The zero-order valence-corrected chi connectivity index (χ0v) is 11.3. The molecular weight excluding hydrogens is 210 g/mol. The fourth-order valence-corrected chi connectivity index (χ4v) is 2.57. The van der Waals surface area contributed by atoms with Crippen LogP contribution in [0.4, 0.5) is 0 Å². The first-order valence-electron chi connectivity index (χ1n) is 6.52. The number of aromatic nitrogens is 2. The highest BCUT2D eigenvalue weighted by Crippen LogP contribution is 2.17. The van der Waals surface area contributed by atoms with E-state index in [-0.39, 0.29) is 0 Å². The average Bonchev–Trinajstić information content (AvgIpc) is 2.51. The van der Waals surface area contributed by atoms with E-state index < -0.39 is 0 Å². The Hall–Kier alpha value is -1.09. The van der Waals surface area contributed by atoms with Crippen molar-refractivity contribution in [1.82, 2.24) is 15.1 Å². The van der Waals surface area contributed by atoms with E-state index in [1.54, 1.807) is 0 Å². The molecule has 2 rings (SSSR count). The minimum atomic E-state index is 0.526. The summed E-state index contributed by atoms with van der Waals surface area (Å²) in [6.45, 7) is 6.46. The van der Waals surface area contributed by atoms with Gasteiger partial charge in [0.25, 0.3) is 0 Å². The molecule has 2 heterocycles. The summed E-state index contributed by atoms with van der Waals surface area (Å²) in [6.07, 6.45) is 8.41. The van der Waals surface area contributed by atoms with E-state index in [4.69, 9.17) is 0 Å². The van der Waals surface area contributed by atoms with E-state index in [1.165, 1.54) is 30.5 Å². The third-order valence-corrected chi connectivity index (χ3v) is 3.71. The van der Waals surface area contributed by atoms with Crippen LogP contribution in [0.2, 0.25) is 0 Å². The molecule has 0 amide bonds. The lowest BCUT2D eigenvalue weighted by Crippen LogP contribution is -2.39. The van der Waals surface area contributed by atoms with E-state index in [0.29, 0.717) is 12.1 Å². The van der Waals surface area contributed by atoms with Crippen LogP contribution in [0.3, 0.4) is 0 Å². The van der Waals surface area contributed by atoms with E-state index in [2.05, 4.69) is 43.3 Å². The summed E-state index contributed by atoms with van der Waals surface area (Å²) in [5, 5.41) is 8.05. The predicted octanol–water partition coefficient (Wildman–Crippen LogP) is 2.58. The second-order valence-corrected chi connectivity index (χ2v) is 5.17. The van der Waals surface area contributed by atoms with Crippen molar-refractivity contribution >= 4 is 6.08 Å². The van der Waals surface area contributed by atoms with E-state index in [1.807, 2.05) is 11.7 Å². The molecule has 1 fully saturated rings. The molecule has 0 radical (unpaired) electrons. The Labute approximate surface area is 104 Å². The third kappa shape index (κ3) is 2.78. The molecule has 1 aliphatic rings. The first kappa shape index (κ1) is 12.4. The highest BCUT2D eigenvalue weighted by atomic mass is 15.3. The second kappa shape index (κ2) is 5.05. The molecular formula is C14H23N3. The lowest BCUT2D eigenvalue weighted by Gasteiger charge is -2.26. The predicted molar refractivity (Wildman–Crippen MR) is 72.0 cm³/mol. The summed E-state index contributed by atoms with van der Waals surface area (Å²) in [4.78, 5) is 0. The summed E-state index contributed by atoms with van der Waals surface area (Å²) in [6, 6.07) is 1.17. The smallest absolute Gasteiger partial charge is 0.0668 e. The van der Waals surface area contributed by atoms with Crippen LogP contribution in [-0.4, -0.2) is 21.9 Å². The number of nitrogens with zero attached hydrogens (tertiary/aromatic N) is 2. The Morgan fingerprint density at radius 2 is 2.12 bits per heavy atom. The van der Waals surface area contributed by atoms with Crippen molar-refractivity contribution in [2.45, 2.75) is 52.1 Å². The van der Waals surface area contributed by atoms with Gasteiger partial charge in [0.15, 0.2) is 0 Å². The van der Waals surface area contributed by atoms with Crippen LogP contribution in [0.5, 0.6) is 0 Å². The largest absolute Gasteiger partial charge is 0.308 e. The lowest BCUT2D eigenvalue weighted by molar-refractivity contribution is 0.375. The molecule has 3 heteroatoms. The summed E-state index contributed by atoms with van der Waals surface area (Å²) in [5.41, 5.74) is 3.63. The third-order valence-electron chi connectivity index (χ3n) is 3.71. The highest BCUT2D eigenvalue weighted by Gasteiger charge is 2.15. The zero-order valence-electron chi connectivity index (χ0n) is 11.3. The van der Waals surface area contributed by atoms with Gasteiger partial charge in [0, 0.05) is 30.4 Å². The van der Waals surface area contributed by atoms with Crippen molar-refractivity contribution in [3.8, 4) is 0 Å². The molecule has 0 aliphatic carbocycles. The van der Waals surface area contributed by atoms with Gasteiger partial charge in [0.05, 0.1) is 5.69 Å². The molecule has 2 atom stereocenters. The van der Waals surface area contributed by atoms with Crippen molar-refractivity contribution in [2.75, 3.05) is 0 Å². The molecule has 1 N–H and O–H groups in total. The van der Waals surface area contributed by atoms with Gasteiger partial charge in [-0.15, -0.1) is 0 Å². The average molecular weight is 233 g/mol. The van der Waals surface area contributed by atoms with Crippen LogP contribution in [0.25, 0.3) is 6.08 Å². The molecule has 2 unspecified atom stereocenters. The lowest BCUT2D eigenvalue weighted by atomic mass is 9.98. The van der Waals surface area contributed by atoms with Crippen molar-refractivity contribution in [2.24, 2.45) is 7.05 Å². The van der Waals surface area contributed by atoms with Crippen LogP contribution in [0.15, 0.2) is 6.08 Å². The summed E-state index contributed by atoms with van der Waals surface area (Å²) in [7, 11) is 2.00. The maximum Gasteiger partial charge on any atom is 0.0668 e. The molecule has 1 aromatic heterocycles. The van der Waals surface area contributed by atoms with Crippen LogP contribution >= 0.6 is 0 Å². The van der Waals surface area contributed by atoms with Gasteiger partial charge < -0.3 is 5.32 Å². The fourth-order valence-electron chi connectivity index (χ4n) is 2.57. The van der Waals surface area contributed by atoms with Crippen LogP contribution < -0.4 is 5.32 Å². The quantitative estimate of drug-likeness (QED) is 0.851. The summed E-state index contributed by atoms with van der Waals surface area (Å²) < 4.78 is 1.95. The van der Waals surface area contributed by atoms with E-state index >= 15 is 0 Å². The molecule has 0 saturated carbocycles. The summed E-state index contributed by atoms with van der Waals surface area (Å²) in [5.74, 6) is 0. The van der Waals surface area contributed by atoms with Gasteiger partial charge in [-0.05, 0) is 33.6 Å². The maximum absolute atomic E-state index is 4.43. The van der Waals surface area contributed by atoms with E-state index in [9.17, 15) is 0 Å². The highest BCUT2D eigenvalue weighted by molar-refractivity contribution is 5.55. The van der Waals surface area contributed by atoms with Crippen molar-refractivity contribution in [1.29, 1.82) is 0 Å². The summed E-state index contributed by atoms with van der Waals surface area (Å²) >= 11 is 0. The number of piperidine rings is 1. The van der Waals surface area contributed by atoms with Gasteiger partial charge in [0.1, 0.15) is 0 Å². The first-order chi connectivity index (χ1) is 8.08. The topological polar surface area (TPSA) is 29.9 Å². The molecule has 3 nitrogen and oxygen atoms in total. The Bertz CT molecular complexity index is 417. The van der Waals surface area contributed by atoms with Gasteiger partial charge in [-0.1, -0.05) is 18.6 Å². The molecule has 0 bridgehead atoms. The number of hydrogen-bond acceptors (Lipinski definition) is 2. The Morgan fingerprint density at radius 3 is 2.71 bits per heavy atom. The minimum Gasteiger partial charge on any atom is -0.308 e. The Kier molecular flexibility index (Phi) is 3.67. The van der Waals surface area contributed by atoms with Crippen molar-refractivity contribution in [3.05, 3.63) is 23.0 Å². The van der Waals surface area contributed by atoms with Crippen LogP contribution in [0, 0.1) is 13.8 Å². The minimum absolute atomic E-state index is 0.526. The normalized spacial score (nSPS) is 25.6. The SMILES string of the molecule is Cc1nn(C)c(C)c1/C=C/C1CCCC(C)N1. The van der Waals surface area contributed by atoms with E-state index in [0.717, 1.165) is 5.69 Å². The monoisotopic (exact) mass is 233 g/mol. The van der Waals surface area contributed by atoms with Gasteiger partial charge in [-0.25, -0.2) is 0 Å². The fraction of sp³-hybridized carbons (Fsp3) is 0.643. The van der Waals surface area contributed by atoms with Gasteiger partial charge in [0.2, 0.25) is 0 Å². The number of hydrogen-bond donors (Lipinski definition) is 1. The van der Waals surface area contributed by atoms with Crippen molar-refractivity contribution < 1.29 is 0 Å². The number of rotatable bonds is 2. The van der Waals surface area contributed by atoms with Crippen LogP contribution in [-0.2, 0) is 7.05 Å². The zero-order chi connectivity index (χ0) is 12.4. The first-order valence-corrected chi connectivity index (χ1v) is 6.52. The molecule has 0 spiro atoms. The molecule has 1 aromatic rings. The number of nitrogens with one attached hydrogen (secondary N) is 1. The standard InChI is InChI=1S/C14H23N3/c1-10-6-5-7-13(15-10)8-9-14-11(2)16-17(4)12(14)3/h8-10,13,15H,5-7H2,1-4H3/b9-8+. The van der Waals surface area contributed by atoms with Gasteiger partial charge in [-0.3, -0.25) is 4.68 Å². The van der Waals surface area contributed by atoms with Gasteiger partial charge in [-0.2, -0.15) is 5.10 Å².